The maximum Gasteiger partial charge on any atom is 0.229 e. The van der Waals surface area contributed by atoms with Gasteiger partial charge in [0.15, 0.2) is 11.6 Å². The first kappa shape index (κ1) is 23.9. The Bertz CT molecular complexity index is 1430. The lowest BCUT2D eigenvalue weighted by Crippen LogP contribution is -2.51. The third-order valence-electron chi connectivity index (χ3n) is 7.43. The summed E-state index contributed by atoms with van der Waals surface area (Å²) in [6, 6.07) is 7.43. The number of likely N-dealkylation sites (N-methyl/N-ethyl adjacent to an activating group) is 1. The van der Waals surface area contributed by atoms with E-state index in [0.717, 1.165) is 69.7 Å². The summed E-state index contributed by atoms with van der Waals surface area (Å²) in [5.74, 6) is 0.514. The number of aromatic nitrogens is 5. The van der Waals surface area contributed by atoms with Gasteiger partial charge in [-0.05, 0) is 43.7 Å². The Morgan fingerprint density at radius 3 is 2.70 bits per heavy atom. The Kier molecular flexibility index (Phi) is 6.29. The largest absolute Gasteiger partial charge is 0.328 e. The van der Waals surface area contributed by atoms with E-state index in [2.05, 4.69) is 48.9 Å². The number of hydrogen-bond acceptors (Lipinski definition) is 7. The van der Waals surface area contributed by atoms with Crippen molar-refractivity contribution in [3.05, 3.63) is 59.7 Å². The molecular formula is C27H30F2N8. The zero-order valence-corrected chi connectivity index (χ0v) is 21.1. The smallest absolute Gasteiger partial charge is 0.229 e. The van der Waals surface area contributed by atoms with Crippen molar-refractivity contribution in [1.82, 2.24) is 34.3 Å². The number of hydrogen-bond donors (Lipinski definition) is 1. The fourth-order valence-corrected chi connectivity index (χ4v) is 5.37. The average Bonchev–Trinajstić information content (AvgIpc) is 3.50. The summed E-state index contributed by atoms with van der Waals surface area (Å²) in [6.45, 7) is 10.4. The van der Waals surface area contributed by atoms with Gasteiger partial charge in [-0.3, -0.25) is 4.90 Å². The predicted molar refractivity (Wildman–Crippen MR) is 139 cm³/mol. The topological polar surface area (TPSA) is 75.0 Å². The molecule has 2 aliphatic rings. The van der Waals surface area contributed by atoms with Crippen LogP contribution in [0.1, 0.15) is 31.7 Å². The third-order valence-corrected chi connectivity index (χ3v) is 7.43. The number of fused-ring (bicyclic) bond motifs is 3. The van der Waals surface area contributed by atoms with Crippen LogP contribution in [0.3, 0.4) is 0 Å². The van der Waals surface area contributed by atoms with Crippen LogP contribution in [0.2, 0.25) is 0 Å². The van der Waals surface area contributed by atoms with Crippen LogP contribution < -0.4 is 5.32 Å². The second-order valence-corrected chi connectivity index (χ2v) is 9.89. The van der Waals surface area contributed by atoms with E-state index >= 15 is 0 Å². The summed E-state index contributed by atoms with van der Waals surface area (Å²) in [6.07, 6.45) is 4.73. The van der Waals surface area contributed by atoms with Crippen molar-refractivity contribution in [2.75, 3.05) is 31.5 Å². The van der Waals surface area contributed by atoms with E-state index in [0.29, 0.717) is 28.5 Å². The van der Waals surface area contributed by atoms with Gasteiger partial charge in [0.2, 0.25) is 5.95 Å². The van der Waals surface area contributed by atoms with Crippen LogP contribution in [0, 0.1) is 11.6 Å². The molecule has 1 unspecified atom stereocenters. The van der Waals surface area contributed by atoms with E-state index in [9.17, 15) is 8.78 Å². The first-order valence-electron chi connectivity index (χ1n) is 12.9. The first-order chi connectivity index (χ1) is 18.0. The van der Waals surface area contributed by atoms with Crippen molar-refractivity contribution < 1.29 is 8.78 Å². The van der Waals surface area contributed by atoms with Crippen LogP contribution in [0.4, 0.5) is 20.5 Å². The van der Waals surface area contributed by atoms with E-state index in [4.69, 9.17) is 0 Å². The van der Waals surface area contributed by atoms with Gasteiger partial charge in [-0.15, -0.1) is 0 Å². The SMILES string of the molecule is CCN1CCN(Cc2ccc(Nc3ncc(F)c(-c4cc(F)c5nc6n(c5c4)CCC6)n3)nc2)C(C)C1. The number of imidazole rings is 1. The molecule has 2 aliphatic heterocycles. The monoisotopic (exact) mass is 504 g/mol. The van der Waals surface area contributed by atoms with Crippen LogP contribution in [0.5, 0.6) is 0 Å². The second kappa shape index (κ2) is 9.75. The Balaban J connectivity index is 1.20. The van der Waals surface area contributed by atoms with Crippen molar-refractivity contribution in [2.45, 2.75) is 45.8 Å². The highest BCUT2D eigenvalue weighted by Crippen LogP contribution is 2.31. The van der Waals surface area contributed by atoms with E-state index < -0.39 is 11.6 Å². The van der Waals surface area contributed by atoms with Crippen LogP contribution in [-0.2, 0) is 19.5 Å². The highest BCUT2D eigenvalue weighted by Gasteiger charge is 2.23. The minimum absolute atomic E-state index is 0.0312. The quantitative estimate of drug-likeness (QED) is 0.418. The van der Waals surface area contributed by atoms with E-state index in [1.807, 2.05) is 22.9 Å². The van der Waals surface area contributed by atoms with Gasteiger partial charge in [-0.25, -0.2) is 28.7 Å². The minimum Gasteiger partial charge on any atom is -0.328 e. The normalized spacial score (nSPS) is 18.4. The number of halogens is 2. The first-order valence-corrected chi connectivity index (χ1v) is 12.9. The van der Waals surface area contributed by atoms with E-state index in [-0.39, 0.29) is 11.6 Å². The minimum atomic E-state index is -0.619. The third kappa shape index (κ3) is 4.67. The van der Waals surface area contributed by atoms with Crippen molar-refractivity contribution >= 4 is 22.8 Å². The molecule has 8 nitrogen and oxygen atoms in total. The Hall–Kier alpha value is -3.50. The van der Waals surface area contributed by atoms with Gasteiger partial charge in [0, 0.05) is 56.9 Å². The van der Waals surface area contributed by atoms with Gasteiger partial charge in [0.25, 0.3) is 0 Å². The number of rotatable bonds is 6. The molecule has 1 fully saturated rings. The number of piperazine rings is 1. The van der Waals surface area contributed by atoms with Gasteiger partial charge < -0.3 is 14.8 Å². The molecule has 37 heavy (non-hydrogen) atoms. The Morgan fingerprint density at radius 2 is 1.92 bits per heavy atom. The van der Waals surface area contributed by atoms with Crippen LogP contribution >= 0.6 is 0 Å². The number of anilines is 2. The summed E-state index contributed by atoms with van der Waals surface area (Å²) in [7, 11) is 0. The predicted octanol–water partition coefficient (Wildman–Crippen LogP) is 4.38. The van der Waals surface area contributed by atoms with E-state index in [1.165, 1.54) is 6.07 Å². The maximum atomic E-state index is 14.9. The summed E-state index contributed by atoms with van der Waals surface area (Å²) < 4.78 is 31.6. The number of aryl methyl sites for hydroxylation is 2. The molecule has 10 heteroatoms. The molecular weight excluding hydrogens is 474 g/mol. The lowest BCUT2D eigenvalue weighted by Gasteiger charge is -2.39. The molecule has 1 aromatic carbocycles. The lowest BCUT2D eigenvalue weighted by molar-refractivity contribution is 0.0811. The summed E-state index contributed by atoms with van der Waals surface area (Å²) in [5, 5.41) is 3.05. The molecule has 3 aromatic heterocycles. The van der Waals surface area contributed by atoms with Crippen molar-refractivity contribution in [1.29, 1.82) is 0 Å². The Labute approximate surface area is 214 Å². The highest BCUT2D eigenvalue weighted by atomic mass is 19.1. The molecule has 0 aliphatic carbocycles. The molecule has 5 heterocycles. The molecule has 192 valence electrons. The number of nitrogens with zero attached hydrogens (tertiary/aromatic N) is 7. The molecule has 6 rings (SSSR count). The summed E-state index contributed by atoms with van der Waals surface area (Å²) >= 11 is 0. The molecule has 1 atom stereocenters. The van der Waals surface area contributed by atoms with Crippen molar-refractivity contribution in [3.63, 3.8) is 0 Å². The number of nitrogens with one attached hydrogen (secondary N) is 1. The van der Waals surface area contributed by atoms with Crippen LogP contribution in [-0.4, -0.2) is 66.5 Å². The zero-order valence-electron chi connectivity index (χ0n) is 21.1. The molecule has 0 spiro atoms. The van der Waals surface area contributed by atoms with Crippen LogP contribution in [0.15, 0.2) is 36.7 Å². The number of pyridine rings is 1. The molecule has 0 radical (unpaired) electrons. The van der Waals surface area contributed by atoms with Crippen LogP contribution in [0.25, 0.3) is 22.3 Å². The second-order valence-electron chi connectivity index (χ2n) is 9.89. The highest BCUT2D eigenvalue weighted by molar-refractivity contribution is 5.83. The molecule has 0 saturated carbocycles. The van der Waals surface area contributed by atoms with Gasteiger partial charge in [0.1, 0.15) is 22.9 Å². The number of benzene rings is 1. The average molecular weight is 505 g/mol. The summed E-state index contributed by atoms with van der Waals surface area (Å²) in [4.78, 5) is 22.3. The Morgan fingerprint density at radius 1 is 1.03 bits per heavy atom. The zero-order chi connectivity index (χ0) is 25.5. The van der Waals surface area contributed by atoms with Gasteiger partial charge in [0.05, 0.1) is 11.7 Å². The molecule has 0 amide bonds. The fraction of sp³-hybridized carbons (Fsp3) is 0.407. The molecule has 4 aromatic rings. The van der Waals surface area contributed by atoms with Gasteiger partial charge >= 0.3 is 0 Å². The molecule has 1 saturated heterocycles. The molecule has 0 bridgehead atoms. The molecule has 1 N–H and O–H groups in total. The standard InChI is InChI=1S/C27H30F2N8/c1-3-35-9-10-36(17(2)15-35)16-18-6-7-23(30-13-18)32-27-31-14-21(29)25(34-27)19-11-20(28)26-22(12-19)37-8-4-5-24(37)33-26/h6-7,11-14,17H,3-5,8-10,15-16H2,1-2H3,(H,30,31,32,34). The van der Waals surface area contributed by atoms with E-state index in [1.54, 1.807) is 6.07 Å². The lowest BCUT2D eigenvalue weighted by atomic mass is 10.1. The summed E-state index contributed by atoms with van der Waals surface area (Å²) in [5.41, 5.74) is 2.49. The fourth-order valence-electron chi connectivity index (χ4n) is 5.37. The van der Waals surface area contributed by atoms with Gasteiger partial charge in [-0.1, -0.05) is 13.0 Å². The van der Waals surface area contributed by atoms with Crippen molar-refractivity contribution in [2.24, 2.45) is 0 Å². The van der Waals surface area contributed by atoms with Crippen molar-refractivity contribution in [3.8, 4) is 11.3 Å². The van der Waals surface area contributed by atoms with Gasteiger partial charge in [-0.2, -0.15) is 0 Å². The maximum absolute atomic E-state index is 14.9.